The Hall–Kier alpha value is -2.73. The summed E-state index contributed by atoms with van der Waals surface area (Å²) in [4.78, 5) is 32.7. The molecule has 0 spiro atoms. The Balaban J connectivity index is 1.83. The maximum Gasteiger partial charge on any atom is 0.279 e. The maximum atomic E-state index is 13.0. The van der Waals surface area contributed by atoms with Gasteiger partial charge in [-0.25, -0.2) is 0 Å². The molecule has 0 N–H and O–H groups in total. The molecule has 1 atom stereocenters. The number of carbonyl (C=O) groups is 2. The van der Waals surface area contributed by atoms with Crippen molar-refractivity contribution >= 4 is 33.4 Å². The van der Waals surface area contributed by atoms with Gasteiger partial charge in [-0.3, -0.25) is 9.59 Å². The second kappa shape index (κ2) is 7.72. The molecule has 1 aliphatic rings. The van der Waals surface area contributed by atoms with Gasteiger partial charge in [-0.2, -0.15) is 4.99 Å². The molecule has 2 amide bonds. The van der Waals surface area contributed by atoms with Crippen LogP contribution in [0.1, 0.15) is 41.7 Å². The summed E-state index contributed by atoms with van der Waals surface area (Å²) in [5.41, 5.74) is 2.60. The van der Waals surface area contributed by atoms with E-state index in [0.717, 1.165) is 35.3 Å². The first-order chi connectivity index (χ1) is 13.6. The first-order valence-electron chi connectivity index (χ1n) is 9.63. The molecule has 144 valence electrons. The zero-order chi connectivity index (χ0) is 19.7. The topological polar surface area (TPSA) is 54.7 Å². The van der Waals surface area contributed by atoms with Gasteiger partial charge < -0.3 is 9.47 Å². The molecular formula is C22H23N3O2S. The van der Waals surface area contributed by atoms with Gasteiger partial charge in [0.05, 0.1) is 10.2 Å². The van der Waals surface area contributed by atoms with E-state index in [1.807, 2.05) is 59.7 Å². The van der Waals surface area contributed by atoms with Crippen LogP contribution in [-0.4, -0.2) is 34.4 Å². The standard InChI is InChI=1S/C22H23N3O2S/c1-3-17(21(27)24-13-6-14-24)25-18-7-4-5-8-19(18)28-22(25)23-20(26)16-11-9-15(2)10-12-16/h4-5,7-12,17H,3,6,13-14H2,1-2H3. The molecule has 1 unspecified atom stereocenters. The lowest BCUT2D eigenvalue weighted by molar-refractivity contribution is -0.138. The first kappa shape index (κ1) is 18.6. The monoisotopic (exact) mass is 393 g/mol. The van der Waals surface area contributed by atoms with Crippen molar-refractivity contribution in [1.82, 2.24) is 9.47 Å². The summed E-state index contributed by atoms with van der Waals surface area (Å²) in [6.45, 7) is 5.62. The minimum Gasteiger partial charge on any atom is -0.341 e. The number of amides is 2. The second-order valence-corrected chi connectivity index (χ2v) is 8.12. The van der Waals surface area contributed by atoms with Crippen molar-refractivity contribution in [1.29, 1.82) is 0 Å². The Morgan fingerprint density at radius 3 is 2.46 bits per heavy atom. The molecule has 0 aliphatic carbocycles. The molecule has 2 heterocycles. The van der Waals surface area contributed by atoms with Crippen LogP contribution < -0.4 is 4.80 Å². The van der Waals surface area contributed by atoms with Crippen molar-refractivity contribution in [2.24, 2.45) is 4.99 Å². The summed E-state index contributed by atoms with van der Waals surface area (Å²) in [5, 5.41) is 0. The van der Waals surface area contributed by atoms with Gasteiger partial charge in [-0.1, -0.05) is 48.1 Å². The summed E-state index contributed by atoms with van der Waals surface area (Å²) in [6.07, 6.45) is 1.71. The Labute approximate surface area is 167 Å². The van der Waals surface area contributed by atoms with Crippen molar-refractivity contribution in [2.45, 2.75) is 32.7 Å². The normalized spacial score (nSPS) is 15.5. The number of carbonyl (C=O) groups excluding carboxylic acids is 2. The van der Waals surface area contributed by atoms with E-state index in [1.54, 1.807) is 12.1 Å². The number of fused-ring (bicyclic) bond motifs is 1. The van der Waals surface area contributed by atoms with E-state index in [-0.39, 0.29) is 17.9 Å². The number of para-hydroxylation sites is 1. The minimum atomic E-state index is -0.346. The molecule has 0 bridgehead atoms. The van der Waals surface area contributed by atoms with Gasteiger partial charge in [-0.15, -0.1) is 0 Å². The average Bonchev–Trinajstić information content (AvgIpc) is 2.99. The summed E-state index contributed by atoms with van der Waals surface area (Å²) < 4.78 is 2.97. The highest BCUT2D eigenvalue weighted by Crippen LogP contribution is 2.25. The zero-order valence-electron chi connectivity index (χ0n) is 16.1. The third-order valence-corrected chi connectivity index (χ3v) is 6.21. The quantitative estimate of drug-likeness (QED) is 0.674. The second-order valence-electron chi connectivity index (χ2n) is 7.11. The molecule has 5 nitrogen and oxygen atoms in total. The highest BCUT2D eigenvalue weighted by Gasteiger charge is 2.30. The van der Waals surface area contributed by atoms with Crippen LogP contribution in [0.5, 0.6) is 0 Å². The van der Waals surface area contributed by atoms with E-state index < -0.39 is 0 Å². The van der Waals surface area contributed by atoms with Gasteiger partial charge in [0.25, 0.3) is 5.91 Å². The molecular weight excluding hydrogens is 370 g/mol. The molecule has 28 heavy (non-hydrogen) atoms. The van der Waals surface area contributed by atoms with E-state index in [1.165, 1.54) is 11.3 Å². The largest absolute Gasteiger partial charge is 0.341 e. The number of likely N-dealkylation sites (tertiary alicyclic amines) is 1. The SMILES string of the molecule is CCC(C(=O)N1CCC1)n1c(=NC(=O)c2ccc(C)cc2)sc2ccccc21. The van der Waals surface area contributed by atoms with Crippen LogP contribution in [0.4, 0.5) is 0 Å². The van der Waals surface area contributed by atoms with Crippen molar-refractivity contribution < 1.29 is 9.59 Å². The van der Waals surface area contributed by atoms with E-state index in [4.69, 9.17) is 0 Å². The Kier molecular flexibility index (Phi) is 5.13. The fourth-order valence-electron chi connectivity index (χ4n) is 3.43. The van der Waals surface area contributed by atoms with Crippen LogP contribution in [0.15, 0.2) is 53.5 Å². The zero-order valence-corrected chi connectivity index (χ0v) is 16.9. The number of nitrogens with zero attached hydrogens (tertiary/aromatic N) is 3. The first-order valence-corrected chi connectivity index (χ1v) is 10.4. The maximum absolute atomic E-state index is 13.0. The number of thiazole rings is 1. The molecule has 4 rings (SSSR count). The number of aromatic nitrogens is 1. The molecule has 1 aliphatic heterocycles. The van der Waals surface area contributed by atoms with E-state index in [9.17, 15) is 9.59 Å². The molecule has 1 fully saturated rings. The number of hydrogen-bond donors (Lipinski definition) is 0. The smallest absolute Gasteiger partial charge is 0.279 e. The van der Waals surface area contributed by atoms with Crippen LogP contribution in [-0.2, 0) is 4.79 Å². The number of aryl methyl sites for hydroxylation is 1. The third kappa shape index (κ3) is 3.40. The fraction of sp³-hybridized carbons (Fsp3) is 0.318. The van der Waals surface area contributed by atoms with E-state index >= 15 is 0 Å². The van der Waals surface area contributed by atoms with Crippen LogP contribution in [0.2, 0.25) is 0 Å². The van der Waals surface area contributed by atoms with Crippen LogP contribution in [0.25, 0.3) is 10.2 Å². The molecule has 3 aromatic rings. The Morgan fingerprint density at radius 1 is 1.11 bits per heavy atom. The predicted molar refractivity (Wildman–Crippen MR) is 111 cm³/mol. The van der Waals surface area contributed by atoms with Gasteiger partial charge in [-0.05, 0) is 44.0 Å². The Bertz CT molecular complexity index is 1090. The van der Waals surface area contributed by atoms with Crippen LogP contribution in [0, 0.1) is 6.92 Å². The Morgan fingerprint density at radius 2 is 1.82 bits per heavy atom. The lowest BCUT2D eigenvalue weighted by Crippen LogP contribution is -2.46. The average molecular weight is 394 g/mol. The van der Waals surface area contributed by atoms with E-state index in [2.05, 4.69) is 4.99 Å². The number of hydrogen-bond acceptors (Lipinski definition) is 3. The highest BCUT2D eigenvalue weighted by molar-refractivity contribution is 7.16. The van der Waals surface area contributed by atoms with Crippen LogP contribution >= 0.6 is 11.3 Å². The number of benzene rings is 2. The van der Waals surface area contributed by atoms with Crippen molar-refractivity contribution in [3.05, 3.63) is 64.5 Å². The summed E-state index contributed by atoms with van der Waals surface area (Å²) in [6, 6.07) is 15.0. The van der Waals surface area contributed by atoms with Crippen molar-refractivity contribution in [2.75, 3.05) is 13.1 Å². The summed E-state index contributed by atoms with van der Waals surface area (Å²) in [5.74, 6) is -0.173. The van der Waals surface area contributed by atoms with Gasteiger partial charge in [0.15, 0.2) is 4.80 Å². The van der Waals surface area contributed by atoms with Crippen molar-refractivity contribution in [3.8, 4) is 0 Å². The predicted octanol–water partition coefficient (Wildman–Crippen LogP) is 3.94. The number of rotatable bonds is 4. The minimum absolute atomic E-state index is 0.113. The van der Waals surface area contributed by atoms with Crippen LogP contribution in [0.3, 0.4) is 0 Å². The highest BCUT2D eigenvalue weighted by atomic mass is 32.1. The summed E-state index contributed by atoms with van der Waals surface area (Å²) >= 11 is 1.45. The van der Waals surface area contributed by atoms with Crippen molar-refractivity contribution in [3.63, 3.8) is 0 Å². The van der Waals surface area contributed by atoms with Gasteiger partial charge >= 0.3 is 0 Å². The molecule has 2 aromatic carbocycles. The third-order valence-electron chi connectivity index (χ3n) is 5.18. The molecule has 1 saturated heterocycles. The lowest BCUT2D eigenvalue weighted by Gasteiger charge is -2.34. The lowest BCUT2D eigenvalue weighted by atomic mass is 10.1. The fourth-order valence-corrected chi connectivity index (χ4v) is 4.50. The molecule has 6 heteroatoms. The van der Waals surface area contributed by atoms with E-state index in [0.29, 0.717) is 16.8 Å². The van der Waals surface area contributed by atoms with Gasteiger partial charge in [0.2, 0.25) is 5.91 Å². The van der Waals surface area contributed by atoms with Gasteiger partial charge in [0.1, 0.15) is 6.04 Å². The van der Waals surface area contributed by atoms with Gasteiger partial charge in [0, 0.05) is 18.7 Å². The molecule has 0 saturated carbocycles. The molecule has 1 aromatic heterocycles. The molecule has 0 radical (unpaired) electrons. The summed E-state index contributed by atoms with van der Waals surface area (Å²) in [7, 11) is 0.